The Morgan fingerprint density at radius 2 is 2.00 bits per heavy atom. The predicted molar refractivity (Wildman–Crippen MR) is 79.7 cm³/mol. The molecule has 0 bridgehead atoms. The number of halogens is 4. The molecule has 0 spiro atoms. The molecule has 1 aliphatic rings. The summed E-state index contributed by atoms with van der Waals surface area (Å²) in [6.07, 6.45) is 3.63. The van der Waals surface area contributed by atoms with E-state index in [2.05, 4.69) is 21.2 Å². The summed E-state index contributed by atoms with van der Waals surface area (Å²) >= 11 is 8.80. The molecule has 21 heavy (non-hydrogen) atoms. The standard InChI is InChI=1S/C14H10BrClF2N2O/c15-9-4-11(18)12(5-10(9)17)19-14(21)13-3-7(16)6-20(13)8-1-2-8/h3-6,8H,1-2H2,(H,19,21). The van der Waals surface area contributed by atoms with Crippen LogP contribution in [0.15, 0.2) is 28.9 Å². The first kappa shape index (κ1) is 14.5. The van der Waals surface area contributed by atoms with Gasteiger partial charge in [-0.3, -0.25) is 4.79 Å². The van der Waals surface area contributed by atoms with E-state index in [0.717, 1.165) is 25.0 Å². The summed E-state index contributed by atoms with van der Waals surface area (Å²) < 4.78 is 29.0. The summed E-state index contributed by atoms with van der Waals surface area (Å²) in [5, 5.41) is 2.82. The number of nitrogens with zero attached hydrogens (tertiary/aromatic N) is 1. The van der Waals surface area contributed by atoms with E-state index in [-0.39, 0.29) is 16.2 Å². The van der Waals surface area contributed by atoms with Crippen LogP contribution in [0.2, 0.25) is 5.02 Å². The number of carbonyl (C=O) groups is 1. The average Bonchev–Trinajstić information content (AvgIpc) is 3.18. The zero-order chi connectivity index (χ0) is 15.1. The van der Waals surface area contributed by atoms with Gasteiger partial charge in [0, 0.05) is 18.3 Å². The molecule has 110 valence electrons. The second kappa shape index (κ2) is 5.42. The number of amides is 1. The van der Waals surface area contributed by atoms with Crippen LogP contribution in [0.3, 0.4) is 0 Å². The van der Waals surface area contributed by atoms with Crippen molar-refractivity contribution in [2.45, 2.75) is 18.9 Å². The minimum atomic E-state index is -0.716. The van der Waals surface area contributed by atoms with Gasteiger partial charge in [0.1, 0.15) is 17.3 Å². The molecule has 1 aromatic heterocycles. The van der Waals surface area contributed by atoms with Gasteiger partial charge in [-0.2, -0.15) is 0 Å². The van der Waals surface area contributed by atoms with E-state index in [9.17, 15) is 13.6 Å². The highest BCUT2D eigenvalue weighted by molar-refractivity contribution is 9.10. The quantitative estimate of drug-likeness (QED) is 0.771. The van der Waals surface area contributed by atoms with Crippen LogP contribution in [0.5, 0.6) is 0 Å². The highest BCUT2D eigenvalue weighted by atomic mass is 79.9. The van der Waals surface area contributed by atoms with E-state index in [0.29, 0.717) is 10.7 Å². The third-order valence-corrected chi connectivity index (χ3v) is 4.06. The third-order valence-electron chi connectivity index (χ3n) is 3.25. The lowest BCUT2D eigenvalue weighted by atomic mass is 10.2. The topological polar surface area (TPSA) is 34.0 Å². The Hall–Kier alpha value is -1.40. The van der Waals surface area contributed by atoms with E-state index < -0.39 is 17.5 Å². The summed E-state index contributed by atoms with van der Waals surface area (Å²) in [5.41, 5.74) is 0.130. The Kier molecular flexibility index (Phi) is 3.75. The smallest absolute Gasteiger partial charge is 0.272 e. The van der Waals surface area contributed by atoms with Crippen molar-refractivity contribution in [3.05, 3.63) is 51.2 Å². The lowest BCUT2D eigenvalue weighted by molar-refractivity contribution is 0.101. The first-order chi connectivity index (χ1) is 9.95. The Bertz CT molecular complexity index is 728. The van der Waals surface area contributed by atoms with Gasteiger partial charge in [0.25, 0.3) is 5.91 Å². The normalized spacial score (nSPS) is 14.3. The zero-order valence-corrected chi connectivity index (χ0v) is 13.0. The Balaban J connectivity index is 1.88. The molecule has 0 unspecified atom stereocenters. The van der Waals surface area contributed by atoms with Crippen LogP contribution in [0.1, 0.15) is 29.4 Å². The molecule has 1 heterocycles. The van der Waals surface area contributed by atoms with E-state index in [1.165, 1.54) is 6.07 Å². The van der Waals surface area contributed by atoms with E-state index in [1.54, 1.807) is 10.8 Å². The van der Waals surface area contributed by atoms with Gasteiger partial charge in [0.2, 0.25) is 0 Å². The minimum Gasteiger partial charge on any atom is -0.339 e. The van der Waals surface area contributed by atoms with Gasteiger partial charge in [-0.05, 0) is 40.9 Å². The maximum atomic E-state index is 13.7. The molecule has 1 aliphatic carbocycles. The first-order valence-corrected chi connectivity index (χ1v) is 7.46. The largest absolute Gasteiger partial charge is 0.339 e. The van der Waals surface area contributed by atoms with Crippen LogP contribution in [0, 0.1) is 11.6 Å². The van der Waals surface area contributed by atoms with Crippen molar-refractivity contribution in [3.63, 3.8) is 0 Å². The molecular weight excluding hydrogens is 366 g/mol. The Morgan fingerprint density at radius 3 is 2.67 bits per heavy atom. The monoisotopic (exact) mass is 374 g/mol. The van der Waals surface area contributed by atoms with Gasteiger partial charge in [0.05, 0.1) is 15.2 Å². The second-order valence-corrected chi connectivity index (χ2v) is 6.17. The summed E-state index contributed by atoms with van der Waals surface area (Å²) in [6.45, 7) is 0. The number of carbonyl (C=O) groups excluding carboxylic acids is 1. The van der Waals surface area contributed by atoms with Gasteiger partial charge < -0.3 is 9.88 Å². The fourth-order valence-electron chi connectivity index (χ4n) is 2.09. The van der Waals surface area contributed by atoms with E-state index in [1.807, 2.05) is 0 Å². The van der Waals surface area contributed by atoms with Crippen LogP contribution in [0.25, 0.3) is 0 Å². The fourth-order valence-corrected chi connectivity index (χ4v) is 2.61. The third kappa shape index (κ3) is 2.96. The number of anilines is 1. The lowest BCUT2D eigenvalue weighted by Gasteiger charge is -2.10. The molecule has 3 rings (SSSR count). The summed E-state index contributed by atoms with van der Waals surface area (Å²) in [5.74, 6) is -1.89. The number of benzene rings is 1. The van der Waals surface area contributed by atoms with Crippen LogP contribution >= 0.6 is 27.5 Å². The van der Waals surface area contributed by atoms with Crippen molar-refractivity contribution in [1.29, 1.82) is 0 Å². The van der Waals surface area contributed by atoms with Crippen molar-refractivity contribution in [3.8, 4) is 0 Å². The van der Waals surface area contributed by atoms with Crippen LogP contribution in [0.4, 0.5) is 14.5 Å². The van der Waals surface area contributed by atoms with Crippen molar-refractivity contribution >= 4 is 39.1 Å². The molecular formula is C14H10BrClF2N2O. The minimum absolute atomic E-state index is 0.00222. The number of rotatable bonds is 3. The van der Waals surface area contributed by atoms with Crippen molar-refractivity contribution in [1.82, 2.24) is 4.57 Å². The summed E-state index contributed by atoms with van der Waals surface area (Å²) in [7, 11) is 0. The predicted octanol–water partition coefficient (Wildman–Crippen LogP) is 4.77. The summed E-state index contributed by atoms with van der Waals surface area (Å²) in [4.78, 5) is 12.2. The molecule has 1 saturated carbocycles. The van der Waals surface area contributed by atoms with Gasteiger partial charge in [-0.25, -0.2) is 8.78 Å². The molecule has 0 aliphatic heterocycles. The van der Waals surface area contributed by atoms with Crippen LogP contribution in [-0.4, -0.2) is 10.5 Å². The number of hydrogen-bond acceptors (Lipinski definition) is 1. The van der Waals surface area contributed by atoms with Gasteiger partial charge in [-0.1, -0.05) is 11.6 Å². The van der Waals surface area contributed by atoms with Gasteiger partial charge in [-0.15, -0.1) is 0 Å². The number of hydrogen-bond donors (Lipinski definition) is 1. The maximum absolute atomic E-state index is 13.7. The Labute approximate surface area is 133 Å². The van der Waals surface area contributed by atoms with E-state index >= 15 is 0 Å². The summed E-state index contributed by atoms with van der Waals surface area (Å²) in [6, 6.07) is 3.67. The first-order valence-electron chi connectivity index (χ1n) is 6.29. The molecule has 0 radical (unpaired) electrons. The molecule has 1 amide bonds. The molecule has 1 N–H and O–H groups in total. The molecule has 1 aromatic carbocycles. The van der Waals surface area contributed by atoms with Gasteiger partial charge in [0.15, 0.2) is 0 Å². The van der Waals surface area contributed by atoms with Crippen LogP contribution < -0.4 is 5.32 Å². The van der Waals surface area contributed by atoms with Gasteiger partial charge >= 0.3 is 0 Å². The van der Waals surface area contributed by atoms with Crippen molar-refractivity contribution < 1.29 is 13.6 Å². The Morgan fingerprint density at radius 1 is 1.29 bits per heavy atom. The van der Waals surface area contributed by atoms with Crippen molar-refractivity contribution in [2.75, 3.05) is 5.32 Å². The molecule has 7 heteroatoms. The molecule has 3 nitrogen and oxygen atoms in total. The molecule has 0 saturated heterocycles. The fraction of sp³-hybridized carbons (Fsp3) is 0.214. The maximum Gasteiger partial charge on any atom is 0.272 e. The lowest BCUT2D eigenvalue weighted by Crippen LogP contribution is -2.17. The second-order valence-electron chi connectivity index (χ2n) is 4.88. The zero-order valence-electron chi connectivity index (χ0n) is 10.7. The molecule has 0 atom stereocenters. The van der Waals surface area contributed by atoms with Crippen molar-refractivity contribution in [2.24, 2.45) is 0 Å². The highest BCUT2D eigenvalue weighted by Gasteiger charge is 2.28. The highest BCUT2D eigenvalue weighted by Crippen LogP contribution is 2.37. The SMILES string of the molecule is O=C(Nc1cc(F)c(Br)cc1F)c1cc(Cl)cn1C1CC1. The number of nitrogens with one attached hydrogen (secondary N) is 1. The van der Waals surface area contributed by atoms with E-state index in [4.69, 9.17) is 11.6 Å². The average molecular weight is 376 g/mol. The molecule has 2 aromatic rings. The van der Waals surface area contributed by atoms with Crippen LogP contribution in [-0.2, 0) is 0 Å². The number of aromatic nitrogens is 1. The molecule has 1 fully saturated rings.